The molecule has 1 aromatic heterocycles. The van der Waals surface area contributed by atoms with Gasteiger partial charge in [-0.25, -0.2) is 5.48 Å². The van der Waals surface area contributed by atoms with Gasteiger partial charge in [-0.15, -0.1) is 0 Å². The van der Waals surface area contributed by atoms with Crippen molar-refractivity contribution < 1.29 is 29.4 Å². The van der Waals surface area contributed by atoms with Gasteiger partial charge in [0.2, 0.25) is 11.8 Å². The van der Waals surface area contributed by atoms with Crippen LogP contribution in [0.25, 0.3) is 11.1 Å². The molecule has 3 aromatic carbocycles. The van der Waals surface area contributed by atoms with Crippen LogP contribution >= 0.6 is 0 Å². The average molecular weight is 681 g/mol. The van der Waals surface area contributed by atoms with Crippen LogP contribution in [0.2, 0.25) is 0 Å². The Labute approximate surface area is 294 Å². The fourth-order valence-electron chi connectivity index (χ4n) is 6.11. The van der Waals surface area contributed by atoms with Crippen molar-refractivity contribution in [3.63, 3.8) is 0 Å². The van der Waals surface area contributed by atoms with Crippen LogP contribution in [0.4, 0.5) is 0 Å². The van der Waals surface area contributed by atoms with Crippen LogP contribution in [0.3, 0.4) is 0 Å². The number of likely N-dealkylation sites (N-methyl/N-ethyl adjacent to an activating group) is 1. The lowest BCUT2D eigenvalue weighted by Crippen LogP contribution is -2.38. The van der Waals surface area contributed by atoms with E-state index in [1.807, 2.05) is 54.7 Å². The molecule has 264 valence electrons. The van der Waals surface area contributed by atoms with E-state index in [1.165, 1.54) is 0 Å². The largest absolute Gasteiger partial charge is 0.392 e. The van der Waals surface area contributed by atoms with Gasteiger partial charge in [0.1, 0.15) is 0 Å². The number of benzene rings is 3. The van der Waals surface area contributed by atoms with Crippen molar-refractivity contribution in [1.29, 1.82) is 0 Å². The van der Waals surface area contributed by atoms with E-state index in [4.69, 9.17) is 14.7 Å². The molecule has 0 unspecified atom stereocenters. The number of aromatic nitrogens is 1. The summed E-state index contributed by atoms with van der Waals surface area (Å²) in [5.74, 6) is -0.435. The summed E-state index contributed by atoms with van der Waals surface area (Å²) in [6, 6.07) is 30.3. The van der Waals surface area contributed by atoms with Crippen molar-refractivity contribution >= 4 is 11.8 Å². The van der Waals surface area contributed by atoms with Crippen LogP contribution in [-0.2, 0) is 38.6 Å². The fourth-order valence-corrected chi connectivity index (χ4v) is 6.11. The third kappa shape index (κ3) is 11.3. The van der Waals surface area contributed by atoms with Crippen molar-refractivity contribution in [3.05, 3.63) is 125 Å². The second-order valence-corrected chi connectivity index (χ2v) is 12.9. The van der Waals surface area contributed by atoms with Crippen LogP contribution in [0.1, 0.15) is 78.9 Å². The molecule has 1 aliphatic heterocycles. The minimum Gasteiger partial charge on any atom is -0.392 e. The number of aliphatic hydroxyl groups is 1. The number of ether oxygens (including phenoxy) is 2. The van der Waals surface area contributed by atoms with Gasteiger partial charge in [0.15, 0.2) is 6.29 Å². The van der Waals surface area contributed by atoms with E-state index in [9.17, 15) is 14.7 Å². The highest BCUT2D eigenvalue weighted by Gasteiger charge is 2.32. The van der Waals surface area contributed by atoms with Crippen LogP contribution in [0, 0.1) is 0 Å². The Hall–Kier alpha value is -4.45. The number of unbranched alkanes of at least 4 members (excludes halogenated alkanes) is 2. The quantitative estimate of drug-likeness (QED) is 0.0604. The van der Waals surface area contributed by atoms with Gasteiger partial charge in [-0.05, 0) is 65.9 Å². The third-order valence-corrected chi connectivity index (χ3v) is 8.97. The predicted octanol–water partition coefficient (Wildman–Crippen LogP) is 6.03. The number of hydrogen-bond donors (Lipinski definition) is 4. The monoisotopic (exact) mass is 680 g/mol. The van der Waals surface area contributed by atoms with Gasteiger partial charge < -0.3 is 24.8 Å². The molecule has 0 radical (unpaired) electrons. The molecule has 3 atom stereocenters. The molecule has 2 amide bonds. The molecular formula is C40H48N4O6. The van der Waals surface area contributed by atoms with Crippen LogP contribution in [-0.4, -0.2) is 58.3 Å². The summed E-state index contributed by atoms with van der Waals surface area (Å²) in [6.45, 7) is 2.05. The van der Waals surface area contributed by atoms with E-state index in [1.54, 1.807) is 5.48 Å². The van der Waals surface area contributed by atoms with Crippen molar-refractivity contribution in [2.45, 2.75) is 76.6 Å². The van der Waals surface area contributed by atoms with Gasteiger partial charge in [0, 0.05) is 62.8 Å². The van der Waals surface area contributed by atoms with Gasteiger partial charge in [-0.1, -0.05) is 79.2 Å². The minimum atomic E-state index is -0.539. The molecule has 0 aliphatic carbocycles. The standard InChI is InChI=1S/C40H48N4O6/c1-44(23-21-35-10-5-6-22-41-35)27-36-25-37(32-15-13-29(28-45)14-16-32)50-40(49-36)33-19-17-31(18-20-33)34-9-7-8-30(24-34)26-42-38(46)11-3-2-4-12-39(47)43-48/h5-10,13-20,22,24,36-37,40,45,48H,2-4,11-12,21,23,25-28H2,1H3,(H,42,46)(H,43,47)/t36-,37+,40+/m0/s1. The van der Waals surface area contributed by atoms with Crippen molar-refractivity contribution in [2.75, 3.05) is 20.1 Å². The molecule has 1 saturated heterocycles. The summed E-state index contributed by atoms with van der Waals surface area (Å²) < 4.78 is 13.1. The zero-order valence-corrected chi connectivity index (χ0v) is 28.7. The van der Waals surface area contributed by atoms with Gasteiger partial charge in [-0.3, -0.25) is 19.8 Å². The highest BCUT2D eigenvalue weighted by Crippen LogP contribution is 2.38. The number of carbonyl (C=O) groups excluding carboxylic acids is 2. The molecule has 10 heteroatoms. The topological polar surface area (TPSA) is 133 Å². The van der Waals surface area contributed by atoms with E-state index in [0.717, 1.165) is 65.0 Å². The Morgan fingerprint density at radius 3 is 2.32 bits per heavy atom. The Bertz CT molecular complexity index is 1630. The maximum atomic E-state index is 12.4. The van der Waals surface area contributed by atoms with Gasteiger partial charge >= 0.3 is 0 Å². The fraction of sp³-hybridized carbons (Fsp3) is 0.375. The molecule has 5 rings (SSSR count). The first-order valence-corrected chi connectivity index (χ1v) is 17.4. The molecule has 10 nitrogen and oxygen atoms in total. The summed E-state index contributed by atoms with van der Waals surface area (Å²) in [5.41, 5.74) is 8.65. The van der Waals surface area contributed by atoms with Gasteiger partial charge in [0.05, 0.1) is 18.8 Å². The third-order valence-electron chi connectivity index (χ3n) is 8.97. The maximum absolute atomic E-state index is 12.4. The zero-order valence-electron chi connectivity index (χ0n) is 28.7. The van der Waals surface area contributed by atoms with E-state index in [-0.39, 0.29) is 31.1 Å². The molecule has 2 heterocycles. The normalized spacial score (nSPS) is 17.4. The van der Waals surface area contributed by atoms with Crippen molar-refractivity contribution in [3.8, 4) is 11.1 Å². The Morgan fingerprint density at radius 1 is 0.840 bits per heavy atom. The molecule has 1 aliphatic rings. The first-order chi connectivity index (χ1) is 24.4. The SMILES string of the molecule is CN(CCc1ccccn1)C[C@@H]1C[C@H](c2ccc(CO)cc2)O[C@H](c2ccc(-c3cccc(CNC(=O)CCCCCC(=O)NO)c3)cc2)O1. The molecule has 50 heavy (non-hydrogen) atoms. The lowest BCUT2D eigenvalue weighted by Gasteiger charge is -2.38. The molecule has 0 bridgehead atoms. The van der Waals surface area contributed by atoms with Crippen LogP contribution in [0.5, 0.6) is 0 Å². The highest BCUT2D eigenvalue weighted by atomic mass is 16.7. The Morgan fingerprint density at radius 2 is 1.60 bits per heavy atom. The molecule has 4 aromatic rings. The van der Waals surface area contributed by atoms with E-state index >= 15 is 0 Å². The van der Waals surface area contributed by atoms with Crippen LogP contribution < -0.4 is 10.8 Å². The van der Waals surface area contributed by atoms with Crippen molar-refractivity contribution in [1.82, 2.24) is 20.7 Å². The van der Waals surface area contributed by atoms with Gasteiger partial charge in [0.25, 0.3) is 0 Å². The molecule has 4 N–H and O–H groups in total. The van der Waals surface area contributed by atoms with E-state index in [0.29, 0.717) is 32.2 Å². The summed E-state index contributed by atoms with van der Waals surface area (Å²) in [5, 5.41) is 21.1. The van der Waals surface area contributed by atoms with Gasteiger partial charge in [-0.2, -0.15) is 0 Å². The number of hydroxylamine groups is 1. The number of pyridine rings is 1. The highest BCUT2D eigenvalue weighted by molar-refractivity contribution is 5.76. The van der Waals surface area contributed by atoms with E-state index < -0.39 is 12.2 Å². The Kier molecular flexibility index (Phi) is 14.0. The molecule has 0 spiro atoms. The Balaban J connectivity index is 1.19. The number of amides is 2. The zero-order chi connectivity index (χ0) is 35.1. The predicted molar refractivity (Wildman–Crippen MR) is 191 cm³/mol. The summed E-state index contributed by atoms with van der Waals surface area (Å²) in [6.07, 6.45) is 5.36. The molecule has 1 fully saturated rings. The first-order valence-electron chi connectivity index (χ1n) is 17.4. The number of nitrogens with one attached hydrogen (secondary N) is 2. The van der Waals surface area contributed by atoms with Crippen molar-refractivity contribution in [2.24, 2.45) is 0 Å². The second-order valence-electron chi connectivity index (χ2n) is 12.9. The first kappa shape index (κ1) is 36.8. The van der Waals surface area contributed by atoms with E-state index in [2.05, 4.69) is 64.7 Å². The van der Waals surface area contributed by atoms with Crippen LogP contribution in [0.15, 0.2) is 97.2 Å². The minimum absolute atomic E-state index is 0.00163. The lowest BCUT2D eigenvalue weighted by molar-refractivity contribution is -0.252. The number of rotatable bonds is 17. The summed E-state index contributed by atoms with van der Waals surface area (Å²) >= 11 is 0. The summed E-state index contributed by atoms with van der Waals surface area (Å²) in [7, 11) is 2.11. The average Bonchev–Trinajstić information content (AvgIpc) is 3.16. The lowest BCUT2D eigenvalue weighted by atomic mass is 9.99. The smallest absolute Gasteiger partial charge is 0.243 e. The number of nitrogens with zero attached hydrogens (tertiary/aromatic N) is 2. The molecular weight excluding hydrogens is 632 g/mol. The number of aliphatic hydroxyl groups excluding tert-OH is 1. The second kappa shape index (κ2) is 19.1. The summed E-state index contributed by atoms with van der Waals surface area (Å²) in [4.78, 5) is 30.2. The number of carbonyl (C=O) groups is 2. The molecule has 0 saturated carbocycles. The number of hydrogen-bond acceptors (Lipinski definition) is 8. The maximum Gasteiger partial charge on any atom is 0.243 e.